The number of piperidine rings is 1. The minimum atomic E-state index is -4.93. The first kappa shape index (κ1) is 29.9. The monoisotopic (exact) mass is 571 g/mol. The van der Waals surface area contributed by atoms with Crippen LogP contribution < -0.4 is 0 Å². The van der Waals surface area contributed by atoms with Crippen LogP contribution in [0, 0.1) is 0 Å². The SMILES string of the molecule is CC(=O)N1CCN(C(=O)CN2CC[C@@H](OCc3cc(C(F)(F)F)cc(C(F)(F)F)c3)[C@@H](c3ccccc3)C2)CC1. The molecule has 2 atom stereocenters. The summed E-state index contributed by atoms with van der Waals surface area (Å²) < 4.78 is 85.7. The minimum Gasteiger partial charge on any atom is -0.373 e. The van der Waals surface area contributed by atoms with E-state index in [1.54, 1.807) is 9.80 Å². The standard InChI is InChI=1S/C28H31F6N3O3/c1-19(38)36-9-11-37(12-10-36)26(39)17-35-8-7-25(24(16-35)21-5-3-2-4-6-21)40-18-20-13-22(27(29,30)31)15-23(14-20)28(32,33)34/h2-6,13-15,24-25H,7-12,16-18H2,1H3/t24-,25-/m1/s1. The number of hydrogen-bond acceptors (Lipinski definition) is 4. The number of hydrogen-bond donors (Lipinski definition) is 0. The summed E-state index contributed by atoms with van der Waals surface area (Å²) in [6, 6.07) is 10.8. The second-order valence-corrected chi connectivity index (χ2v) is 10.2. The molecule has 2 aromatic carbocycles. The third-order valence-electron chi connectivity index (χ3n) is 7.41. The zero-order valence-electron chi connectivity index (χ0n) is 22.0. The van der Waals surface area contributed by atoms with Crippen molar-refractivity contribution in [3.05, 3.63) is 70.8 Å². The fourth-order valence-corrected chi connectivity index (χ4v) is 5.23. The highest BCUT2D eigenvalue weighted by molar-refractivity contribution is 5.79. The summed E-state index contributed by atoms with van der Waals surface area (Å²) in [5.74, 6) is -0.331. The van der Waals surface area contributed by atoms with Gasteiger partial charge in [-0.1, -0.05) is 30.3 Å². The summed E-state index contributed by atoms with van der Waals surface area (Å²) in [6.07, 6.45) is -9.90. The van der Waals surface area contributed by atoms with Crippen LogP contribution in [-0.2, 0) is 33.3 Å². The third-order valence-corrected chi connectivity index (χ3v) is 7.41. The molecule has 40 heavy (non-hydrogen) atoms. The summed E-state index contributed by atoms with van der Waals surface area (Å²) in [5, 5.41) is 0. The molecule has 2 fully saturated rings. The number of carbonyl (C=O) groups excluding carboxylic acids is 2. The van der Waals surface area contributed by atoms with Gasteiger partial charge in [-0.05, 0) is 35.7 Å². The van der Waals surface area contributed by atoms with Crippen LogP contribution in [0.3, 0.4) is 0 Å². The van der Waals surface area contributed by atoms with E-state index in [0.717, 1.165) is 5.56 Å². The summed E-state index contributed by atoms with van der Waals surface area (Å²) in [6.45, 7) is 4.03. The number of carbonyl (C=O) groups is 2. The van der Waals surface area contributed by atoms with Crippen molar-refractivity contribution >= 4 is 11.8 Å². The molecule has 4 rings (SSSR count). The lowest BCUT2D eigenvalue weighted by Crippen LogP contribution is -2.53. The van der Waals surface area contributed by atoms with Crippen LogP contribution in [0.15, 0.2) is 48.5 Å². The van der Waals surface area contributed by atoms with Crippen molar-refractivity contribution in [3.8, 4) is 0 Å². The first-order valence-electron chi connectivity index (χ1n) is 13.0. The van der Waals surface area contributed by atoms with Gasteiger partial charge >= 0.3 is 12.4 Å². The largest absolute Gasteiger partial charge is 0.416 e. The maximum Gasteiger partial charge on any atom is 0.416 e. The highest BCUT2D eigenvalue weighted by Gasteiger charge is 2.38. The molecule has 0 spiro atoms. The molecule has 0 saturated carbocycles. The Balaban J connectivity index is 1.45. The van der Waals surface area contributed by atoms with E-state index < -0.39 is 36.2 Å². The number of alkyl halides is 6. The molecule has 0 unspecified atom stereocenters. The highest BCUT2D eigenvalue weighted by Crippen LogP contribution is 2.37. The van der Waals surface area contributed by atoms with Gasteiger partial charge in [0.1, 0.15) is 0 Å². The Bertz CT molecular complexity index is 1150. The van der Waals surface area contributed by atoms with Crippen LogP contribution in [0.2, 0.25) is 0 Å². The molecule has 2 amide bonds. The van der Waals surface area contributed by atoms with Gasteiger partial charge in [0.05, 0.1) is 30.4 Å². The first-order valence-corrected chi connectivity index (χ1v) is 13.0. The Kier molecular flexibility index (Phi) is 9.09. The fraction of sp³-hybridized carbons (Fsp3) is 0.500. The minimum absolute atomic E-state index is 0.0281. The van der Waals surface area contributed by atoms with E-state index in [-0.39, 0.29) is 35.9 Å². The van der Waals surface area contributed by atoms with Gasteiger partial charge in [0, 0.05) is 52.1 Å². The van der Waals surface area contributed by atoms with Gasteiger partial charge in [-0.2, -0.15) is 26.3 Å². The van der Waals surface area contributed by atoms with Gasteiger partial charge in [0.2, 0.25) is 11.8 Å². The molecule has 2 heterocycles. The van der Waals surface area contributed by atoms with Crippen LogP contribution in [0.1, 0.15) is 41.5 Å². The number of benzene rings is 2. The first-order chi connectivity index (χ1) is 18.8. The number of likely N-dealkylation sites (tertiary alicyclic amines) is 1. The van der Waals surface area contributed by atoms with E-state index in [4.69, 9.17) is 4.74 Å². The number of ether oxygens (including phenoxy) is 1. The van der Waals surface area contributed by atoms with Crippen molar-refractivity contribution in [2.75, 3.05) is 45.8 Å². The summed E-state index contributed by atoms with van der Waals surface area (Å²) in [5.41, 5.74) is -2.06. The second kappa shape index (κ2) is 12.2. The second-order valence-electron chi connectivity index (χ2n) is 10.2. The van der Waals surface area contributed by atoms with Crippen LogP contribution >= 0.6 is 0 Å². The molecule has 0 aromatic heterocycles. The Morgan fingerprint density at radius 2 is 1.43 bits per heavy atom. The van der Waals surface area contributed by atoms with Crippen molar-refractivity contribution in [2.45, 2.75) is 44.3 Å². The quantitative estimate of drug-likeness (QED) is 0.468. The average molecular weight is 572 g/mol. The van der Waals surface area contributed by atoms with E-state index in [0.29, 0.717) is 57.8 Å². The van der Waals surface area contributed by atoms with Crippen LogP contribution in [0.5, 0.6) is 0 Å². The topological polar surface area (TPSA) is 53.1 Å². The molecule has 0 N–H and O–H groups in total. The van der Waals surface area contributed by atoms with Crippen molar-refractivity contribution in [3.63, 3.8) is 0 Å². The Morgan fingerprint density at radius 3 is 1.98 bits per heavy atom. The van der Waals surface area contributed by atoms with Crippen molar-refractivity contribution in [1.29, 1.82) is 0 Å². The van der Waals surface area contributed by atoms with E-state index in [2.05, 4.69) is 0 Å². The molecule has 12 heteroatoms. The fourth-order valence-electron chi connectivity index (χ4n) is 5.23. The maximum atomic E-state index is 13.3. The van der Waals surface area contributed by atoms with Crippen molar-refractivity contribution in [1.82, 2.24) is 14.7 Å². The molecule has 6 nitrogen and oxygen atoms in total. The molecule has 2 aromatic rings. The smallest absolute Gasteiger partial charge is 0.373 e. The molecule has 2 aliphatic rings. The molecule has 2 saturated heterocycles. The number of halogens is 6. The Hall–Kier alpha value is -3.12. The average Bonchev–Trinajstić information content (AvgIpc) is 2.91. The molecule has 2 aliphatic heterocycles. The van der Waals surface area contributed by atoms with Crippen molar-refractivity contribution in [2.24, 2.45) is 0 Å². The lowest BCUT2D eigenvalue weighted by molar-refractivity contribution is -0.143. The predicted molar refractivity (Wildman–Crippen MR) is 134 cm³/mol. The van der Waals surface area contributed by atoms with E-state index in [1.807, 2.05) is 35.2 Å². The molecule has 0 aliphatic carbocycles. The number of amides is 2. The van der Waals surface area contributed by atoms with Gasteiger partial charge in [0.15, 0.2) is 0 Å². The lowest BCUT2D eigenvalue weighted by atomic mass is 9.87. The van der Waals surface area contributed by atoms with E-state index in [9.17, 15) is 35.9 Å². The highest BCUT2D eigenvalue weighted by atomic mass is 19.4. The van der Waals surface area contributed by atoms with Crippen molar-refractivity contribution < 1.29 is 40.7 Å². The van der Waals surface area contributed by atoms with Crippen LogP contribution in [-0.4, -0.2) is 78.4 Å². The Morgan fingerprint density at radius 1 is 0.850 bits per heavy atom. The van der Waals surface area contributed by atoms with Gasteiger partial charge < -0.3 is 14.5 Å². The maximum absolute atomic E-state index is 13.3. The van der Waals surface area contributed by atoms with E-state index in [1.165, 1.54) is 6.92 Å². The van der Waals surface area contributed by atoms with Gasteiger partial charge in [0.25, 0.3) is 0 Å². The third kappa shape index (κ3) is 7.54. The molecule has 0 bridgehead atoms. The number of rotatable bonds is 6. The molecule has 0 radical (unpaired) electrons. The summed E-state index contributed by atoms with van der Waals surface area (Å²) >= 11 is 0. The Labute approximate surface area is 228 Å². The van der Waals surface area contributed by atoms with Gasteiger partial charge in [-0.3, -0.25) is 14.5 Å². The zero-order chi connectivity index (χ0) is 29.1. The van der Waals surface area contributed by atoms with Crippen LogP contribution in [0.25, 0.3) is 0 Å². The molecule has 218 valence electrons. The van der Waals surface area contributed by atoms with Crippen LogP contribution in [0.4, 0.5) is 26.3 Å². The number of nitrogens with zero attached hydrogens (tertiary/aromatic N) is 3. The predicted octanol–water partition coefficient (Wildman–Crippen LogP) is 4.79. The normalized spacial score (nSPS) is 21.0. The lowest BCUT2D eigenvalue weighted by Gasteiger charge is -2.40. The molecular formula is C28H31F6N3O3. The summed E-state index contributed by atoms with van der Waals surface area (Å²) in [4.78, 5) is 29.9. The zero-order valence-corrected chi connectivity index (χ0v) is 22.0. The molecular weight excluding hydrogens is 540 g/mol. The van der Waals surface area contributed by atoms with E-state index >= 15 is 0 Å². The van der Waals surface area contributed by atoms with Gasteiger partial charge in [-0.15, -0.1) is 0 Å². The summed E-state index contributed by atoms with van der Waals surface area (Å²) in [7, 11) is 0. The van der Waals surface area contributed by atoms with Gasteiger partial charge in [-0.25, -0.2) is 0 Å². The number of piperazine rings is 1.